The SMILES string of the molecule is CSCCC(NC(=O)C(N)CC(N)=O)C(=O)NC(CS)C(=O)NC(CC(N)=O)C(=O)O. The van der Waals surface area contributed by atoms with E-state index >= 15 is 0 Å². The Morgan fingerprint density at radius 3 is 1.81 bits per heavy atom. The highest BCUT2D eigenvalue weighted by Crippen LogP contribution is 2.04. The lowest BCUT2D eigenvalue weighted by atomic mass is 10.1. The van der Waals surface area contributed by atoms with E-state index in [1.165, 1.54) is 11.8 Å². The van der Waals surface area contributed by atoms with Crippen molar-refractivity contribution in [1.29, 1.82) is 0 Å². The Morgan fingerprint density at radius 1 is 0.871 bits per heavy atom. The topological polar surface area (TPSA) is 237 Å². The summed E-state index contributed by atoms with van der Waals surface area (Å²) in [4.78, 5) is 70.2. The molecule has 0 aliphatic rings. The second-order valence-electron chi connectivity index (χ2n) is 6.43. The fraction of sp³-hybridized carbons (Fsp3) is 0.625. The highest BCUT2D eigenvalue weighted by molar-refractivity contribution is 7.98. The molecule has 0 saturated heterocycles. The van der Waals surface area contributed by atoms with Gasteiger partial charge in [-0.2, -0.15) is 24.4 Å². The number of thioether (sulfide) groups is 1. The van der Waals surface area contributed by atoms with Gasteiger partial charge in [0, 0.05) is 5.75 Å². The number of carbonyl (C=O) groups is 6. The van der Waals surface area contributed by atoms with Crippen molar-refractivity contribution in [1.82, 2.24) is 16.0 Å². The first-order valence-corrected chi connectivity index (χ1v) is 11.0. The summed E-state index contributed by atoms with van der Waals surface area (Å²) in [6, 6.07) is -5.19. The second kappa shape index (κ2) is 14.5. The maximum absolute atomic E-state index is 12.6. The fourth-order valence-electron chi connectivity index (χ4n) is 2.23. The van der Waals surface area contributed by atoms with E-state index in [1.807, 2.05) is 0 Å². The Bertz CT molecular complexity index is 693. The number of rotatable bonds is 15. The average Bonchev–Trinajstić information content (AvgIpc) is 2.67. The van der Waals surface area contributed by atoms with Gasteiger partial charge in [0.2, 0.25) is 29.5 Å². The van der Waals surface area contributed by atoms with Crippen LogP contribution in [0.1, 0.15) is 19.3 Å². The molecule has 4 atom stereocenters. The summed E-state index contributed by atoms with van der Waals surface area (Å²) in [5.41, 5.74) is 15.5. The number of primary amides is 2. The monoisotopic (exact) mass is 480 g/mol. The van der Waals surface area contributed by atoms with Gasteiger partial charge in [0.25, 0.3) is 0 Å². The van der Waals surface area contributed by atoms with Crippen LogP contribution >= 0.6 is 24.4 Å². The number of nitrogens with two attached hydrogens (primary N) is 3. The third kappa shape index (κ3) is 11.4. The molecular weight excluding hydrogens is 452 g/mol. The standard InChI is InChI=1S/C16H28N6O7S2/c1-31-3-2-8(20-13(25)7(17)4-11(18)23)14(26)22-10(6-30)15(27)21-9(16(28)29)5-12(19)24/h7-10,30H,2-6,17H2,1H3,(H2,18,23)(H2,19,24)(H,20,25)(H,21,27)(H,22,26)(H,28,29). The van der Waals surface area contributed by atoms with E-state index in [4.69, 9.17) is 22.3 Å². The summed E-state index contributed by atoms with van der Waals surface area (Å²) >= 11 is 5.38. The van der Waals surface area contributed by atoms with Crippen LogP contribution in [0.15, 0.2) is 0 Å². The van der Waals surface area contributed by atoms with Crippen LogP contribution in [-0.2, 0) is 28.8 Å². The number of hydrogen-bond donors (Lipinski definition) is 8. The molecule has 176 valence electrons. The molecule has 0 rings (SSSR count). The zero-order valence-corrected chi connectivity index (χ0v) is 18.5. The summed E-state index contributed by atoms with van der Waals surface area (Å²) in [5.74, 6) is -5.37. The van der Waals surface area contributed by atoms with E-state index in [9.17, 15) is 28.8 Å². The Morgan fingerprint density at radius 2 is 1.35 bits per heavy atom. The largest absolute Gasteiger partial charge is 0.480 e. The molecule has 31 heavy (non-hydrogen) atoms. The van der Waals surface area contributed by atoms with Gasteiger partial charge < -0.3 is 38.3 Å². The molecule has 15 heteroatoms. The van der Waals surface area contributed by atoms with Gasteiger partial charge in [-0.1, -0.05) is 0 Å². The smallest absolute Gasteiger partial charge is 0.326 e. The lowest BCUT2D eigenvalue weighted by Gasteiger charge is -2.24. The highest BCUT2D eigenvalue weighted by Gasteiger charge is 2.30. The normalized spacial score (nSPS) is 14.4. The van der Waals surface area contributed by atoms with Crippen molar-refractivity contribution >= 4 is 59.9 Å². The van der Waals surface area contributed by atoms with E-state index in [-0.39, 0.29) is 12.2 Å². The molecule has 0 radical (unpaired) electrons. The van der Waals surface area contributed by atoms with Crippen molar-refractivity contribution in [2.75, 3.05) is 17.8 Å². The van der Waals surface area contributed by atoms with Gasteiger partial charge in [-0.05, 0) is 18.4 Å². The van der Waals surface area contributed by atoms with E-state index in [2.05, 4.69) is 28.6 Å². The van der Waals surface area contributed by atoms with Crippen LogP contribution < -0.4 is 33.2 Å². The summed E-state index contributed by atoms with van der Waals surface area (Å²) in [5, 5.41) is 16.0. The van der Waals surface area contributed by atoms with Gasteiger partial charge in [-0.25, -0.2) is 4.79 Å². The van der Waals surface area contributed by atoms with Gasteiger partial charge in [-0.15, -0.1) is 0 Å². The summed E-state index contributed by atoms with van der Waals surface area (Å²) in [7, 11) is 0. The Kier molecular flexibility index (Phi) is 13.3. The predicted molar refractivity (Wildman–Crippen MR) is 116 cm³/mol. The molecule has 4 unspecified atom stereocenters. The second-order valence-corrected chi connectivity index (χ2v) is 7.78. The molecule has 0 spiro atoms. The lowest BCUT2D eigenvalue weighted by Crippen LogP contribution is -2.58. The number of aliphatic carboxylic acids is 1. The molecule has 13 nitrogen and oxygen atoms in total. The van der Waals surface area contributed by atoms with Crippen LogP contribution in [0, 0.1) is 0 Å². The zero-order chi connectivity index (χ0) is 24.1. The van der Waals surface area contributed by atoms with Crippen molar-refractivity contribution in [3.63, 3.8) is 0 Å². The Hall–Kier alpha value is -2.52. The first kappa shape index (κ1) is 28.5. The molecule has 0 heterocycles. The minimum atomic E-state index is -1.58. The third-order valence-electron chi connectivity index (χ3n) is 3.84. The number of nitrogens with one attached hydrogen (secondary N) is 3. The Balaban J connectivity index is 5.22. The van der Waals surface area contributed by atoms with Gasteiger partial charge in [0.1, 0.15) is 18.1 Å². The number of carboxylic acid groups (broad SMARTS) is 1. The van der Waals surface area contributed by atoms with Crippen LogP contribution in [0.25, 0.3) is 0 Å². The van der Waals surface area contributed by atoms with Crippen molar-refractivity contribution < 1.29 is 33.9 Å². The molecule has 0 aromatic carbocycles. The van der Waals surface area contributed by atoms with Crippen LogP contribution in [0.4, 0.5) is 0 Å². The van der Waals surface area contributed by atoms with Crippen LogP contribution in [0.5, 0.6) is 0 Å². The maximum atomic E-state index is 12.6. The van der Waals surface area contributed by atoms with Gasteiger partial charge >= 0.3 is 5.97 Å². The molecule has 0 bridgehead atoms. The van der Waals surface area contributed by atoms with Gasteiger partial charge in [-0.3, -0.25) is 24.0 Å². The van der Waals surface area contributed by atoms with E-state index < -0.39 is 72.5 Å². The molecule has 0 saturated carbocycles. The molecule has 0 aromatic heterocycles. The number of carbonyl (C=O) groups excluding carboxylic acids is 5. The minimum absolute atomic E-state index is 0.183. The summed E-state index contributed by atoms with van der Waals surface area (Å²) < 4.78 is 0. The first-order valence-electron chi connectivity index (χ1n) is 8.98. The van der Waals surface area contributed by atoms with Crippen molar-refractivity contribution in [2.45, 2.75) is 43.4 Å². The Labute approximate surface area is 188 Å². The molecular formula is C16H28N6O7S2. The fourth-order valence-corrected chi connectivity index (χ4v) is 2.96. The maximum Gasteiger partial charge on any atom is 0.326 e. The quantitative estimate of drug-likeness (QED) is 0.107. The van der Waals surface area contributed by atoms with Crippen molar-refractivity contribution in [2.24, 2.45) is 17.2 Å². The highest BCUT2D eigenvalue weighted by atomic mass is 32.2. The molecule has 0 aliphatic heterocycles. The van der Waals surface area contributed by atoms with Gasteiger partial charge in [0.05, 0.1) is 18.9 Å². The van der Waals surface area contributed by atoms with Gasteiger partial charge in [0.15, 0.2) is 0 Å². The van der Waals surface area contributed by atoms with Crippen LogP contribution in [-0.4, -0.2) is 82.5 Å². The van der Waals surface area contributed by atoms with Crippen LogP contribution in [0.2, 0.25) is 0 Å². The minimum Gasteiger partial charge on any atom is -0.480 e. The molecule has 0 fully saturated rings. The van der Waals surface area contributed by atoms with E-state index in [0.29, 0.717) is 5.75 Å². The summed E-state index contributed by atoms with van der Waals surface area (Å²) in [6.45, 7) is 0. The number of thiol groups is 1. The number of hydrogen-bond acceptors (Lipinski definition) is 9. The predicted octanol–water partition coefficient (Wildman–Crippen LogP) is -3.71. The number of carboxylic acids is 1. The van der Waals surface area contributed by atoms with Crippen molar-refractivity contribution in [3.8, 4) is 0 Å². The molecule has 5 amide bonds. The number of amides is 5. The first-order chi connectivity index (χ1) is 14.4. The van der Waals surface area contributed by atoms with E-state index in [0.717, 1.165) is 0 Å². The molecule has 0 aromatic rings. The summed E-state index contributed by atoms with van der Waals surface area (Å²) in [6.07, 6.45) is 0.909. The van der Waals surface area contributed by atoms with Crippen molar-refractivity contribution in [3.05, 3.63) is 0 Å². The third-order valence-corrected chi connectivity index (χ3v) is 4.85. The average molecular weight is 481 g/mol. The molecule has 10 N–H and O–H groups in total. The lowest BCUT2D eigenvalue weighted by molar-refractivity contribution is -0.143. The zero-order valence-electron chi connectivity index (χ0n) is 16.8. The van der Waals surface area contributed by atoms with E-state index in [1.54, 1.807) is 6.26 Å². The van der Waals surface area contributed by atoms with Crippen LogP contribution in [0.3, 0.4) is 0 Å². The molecule has 0 aliphatic carbocycles.